The van der Waals surface area contributed by atoms with Crippen molar-refractivity contribution < 1.29 is 33.0 Å². The molecule has 16 heteroatoms. The van der Waals surface area contributed by atoms with Crippen molar-refractivity contribution in [3.8, 4) is 39.5 Å². The molecule has 0 radical (unpaired) electrons. The maximum atomic E-state index is 16.8. The van der Waals surface area contributed by atoms with E-state index in [-0.39, 0.29) is 30.0 Å². The van der Waals surface area contributed by atoms with Crippen molar-refractivity contribution in [2.24, 2.45) is 5.92 Å². The quantitative estimate of drug-likeness (QED) is 0.129. The number of nitrogens with one attached hydrogen (secondary N) is 3. The normalized spacial score (nSPS) is 19.0. The minimum atomic E-state index is -0.759. The lowest BCUT2D eigenvalue weighted by atomic mass is 10.0. The molecule has 0 bridgehead atoms. The molecule has 14 nitrogen and oxygen atoms in total. The van der Waals surface area contributed by atoms with Crippen molar-refractivity contribution in [1.29, 1.82) is 0 Å². The lowest BCUT2D eigenvalue weighted by Crippen LogP contribution is -2.51. The standard InChI is InChI=1S/C47H53FN8O6S/c1-8-29-14-16-38(63-29)44-56-33-15-13-26(31-23-49-42(51-31)35-12-10-18-55(35)46(59)62-47(4,5)6)19-28(33)21-36(56)39-30(48)20-27(22-37(39)61-44)32-24-50-41(52-32)34-11-9-17-54(34)43(57)40(25(2)3)53-45(58)60-7/h13-16,19-25,34-35,40,44H,8-12,17-18H2,1-7H3,(H,49,51)(H,50,52)(H,53,58)/t34-,35-,40-,44?/m0/s1. The van der Waals surface area contributed by atoms with Crippen LogP contribution in [0.15, 0.2) is 60.9 Å². The van der Waals surface area contributed by atoms with Gasteiger partial charge in [0.1, 0.15) is 34.9 Å². The highest BCUT2D eigenvalue weighted by Crippen LogP contribution is 2.48. The smallest absolute Gasteiger partial charge is 0.410 e. The van der Waals surface area contributed by atoms with Crippen molar-refractivity contribution in [2.45, 2.75) is 104 Å². The highest BCUT2D eigenvalue weighted by atomic mass is 32.1. The highest BCUT2D eigenvalue weighted by molar-refractivity contribution is 7.12. The van der Waals surface area contributed by atoms with Crippen molar-refractivity contribution >= 4 is 40.3 Å². The Morgan fingerprint density at radius 2 is 1.62 bits per heavy atom. The molecule has 4 atom stereocenters. The molecule has 2 aromatic carbocycles. The van der Waals surface area contributed by atoms with Gasteiger partial charge in [-0.2, -0.15) is 0 Å². The number of aromatic nitrogens is 5. The van der Waals surface area contributed by atoms with E-state index in [0.29, 0.717) is 59.4 Å². The van der Waals surface area contributed by atoms with Crippen LogP contribution >= 0.6 is 11.3 Å². The van der Waals surface area contributed by atoms with Crippen molar-refractivity contribution in [3.63, 3.8) is 0 Å². The van der Waals surface area contributed by atoms with Gasteiger partial charge in [0.15, 0.2) is 0 Å². The van der Waals surface area contributed by atoms with Crippen LogP contribution in [0.3, 0.4) is 0 Å². The van der Waals surface area contributed by atoms with Gasteiger partial charge in [0.2, 0.25) is 12.1 Å². The van der Waals surface area contributed by atoms with Gasteiger partial charge >= 0.3 is 12.2 Å². The number of fused-ring (bicyclic) bond motifs is 5. The first-order chi connectivity index (χ1) is 30.2. The number of halogens is 1. The second kappa shape index (κ2) is 16.5. The van der Waals surface area contributed by atoms with Gasteiger partial charge in [-0.15, -0.1) is 11.3 Å². The van der Waals surface area contributed by atoms with Crippen LogP contribution in [0.1, 0.15) is 107 Å². The number of hydrogen-bond donors (Lipinski definition) is 3. The number of thiophene rings is 1. The molecule has 6 aromatic rings. The number of aryl methyl sites for hydroxylation is 1. The second-order valence-corrected chi connectivity index (χ2v) is 19.1. The molecule has 1 unspecified atom stereocenters. The third kappa shape index (κ3) is 7.93. The van der Waals surface area contributed by atoms with Gasteiger partial charge in [-0.05, 0) is 101 Å². The topological polar surface area (TPSA) is 160 Å². The number of amides is 3. The number of likely N-dealkylation sites (tertiary alicyclic amines) is 2. The summed E-state index contributed by atoms with van der Waals surface area (Å²) in [6.45, 7) is 12.6. The van der Waals surface area contributed by atoms with E-state index in [1.165, 1.54) is 18.1 Å². The van der Waals surface area contributed by atoms with E-state index in [2.05, 4.69) is 45.0 Å². The number of carbonyl (C=O) groups excluding carboxylic acids is 3. The lowest BCUT2D eigenvalue weighted by Gasteiger charge is -2.30. The minimum absolute atomic E-state index is 0.165. The SMILES string of the molecule is CCc1ccc(C2Oc3cc(-c4cnc([C@@H]5CCCN5C(=O)[C@@H](NC(=O)OC)C(C)C)[nH]4)cc(F)c3-c3cc4cc(-c5cnc([C@@H]6CCCN6C(=O)OC(C)(C)C)[nH]5)ccc4n32)s1. The van der Waals surface area contributed by atoms with Crippen molar-refractivity contribution in [1.82, 2.24) is 39.6 Å². The molecule has 63 heavy (non-hydrogen) atoms. The molecule has 3 aliphatic heterocycles. The zero-order chi connectivity index (χ0) is 44.3. The van der Waals surface area contributed by atoms with Crippen molar-refractivity contribution in [3.05, 3.63) is 88.1 Å². The van der Waals surface area contributed by atoms with E-state index in [4.69, 9.17) is 24.2 Å². The van der Waals surface area contributed by atoms with E-state index in [1.54, 1.807) is 33.5 Å². The van der Waals surface area contributed by atoms with Gasteiger partial charge in [-0.3, -0.25) is 14.3 Å². The average molecular weight is 877 g/mol. The molecule has 0 aliphatic carbocycles. The van der Waals surface area contributed by atoms with Crippen LogP contribution in [-0.4, -0.2) is 84.2 Å². The molecule has 3 amide bonds. The molecular formula is C47H53FN8O6S. The molecule has 7 heterocycles. The van der Waals surface area contributed by atoms with E-state index < -0.39 is 29.8 Å². The first-order valence-electron chi connectivity index (χ1n) is 21.7. The Morgan fingerprint density at radius 3 is 2.27 bits per heavy atom. The summed E-state index contributed by atoms with van der Waals surface area (Å²) >= 11 is 1.67. The van der Waals surface area contributed by atoms with Crippen LogP contribution < -0.4 is 10.1 Å². The molecule has 3 aliphatic rings. The Kier molecular flexibility index (Phi) is 11.1. The number of ether oxygens (including phenoxy) is 3. The monoisotopic (exact) mass is 876 g/mol. The third-order valence-corrected chi connectivity index (χ3v) is 13.4. The Balaban J connectivity index is 1.04. The molecule has 9 rings (SSSR count). The summed E-state index contributed by atoms with van der Waals surface area (Å²) in [6.07, 6.45) is 5.88. The number of nitrogens with zero attached hydrogens (tertiary/aromatic N) is 5. The number of aromatic amines is 2. The first-order valence-corrected chi connectivity index (χ1v) is 22.5. The summed E-state index contributed by atoms with van der Waals surface area (Å²) in [7, 11) is 1.27. The molecule has 4 aromatic heterocycles. The Bertz CT molecular complexity index is 2710. The Morgan fingerprint density at radius 1 is 0.937 bits per heavy atom. The summed E-state index contributed by atoms with van der Waals surface area (Å²) in [6, 6.07) is 14.4. The fourth-order valence-corrected chi connectivity index (χ4v) is 10.1. The second-order valence-electron chi connectivity index (χ2n) is 17.9. The Hall–Kier alpha value is -6.16. The summed E-state index contributed by atoms with van der Waals surface area (Å²) < 4.78 is 36.2. The predicted octanol–water partition coefficient (Wildman–Crippen LogP) is 9.91. The fourth-order valence-electron chi connectivity index (χ4n) is 9.09. The summed E-state index contributed by atoms with van der Waals surface area (Å²) in [4.78, 5) is 60.9. The zero-order valence-electron chi connectivity index (χ0n) is 36.6. The van der Waals surface area contributed by atoms with Gasteiger partial charge in [0.25, 0.3) is 0 Å². The maximum absolute atomic E-state index is 16.8. The minimum Gasteiger partial charge on any atom is -0.464 e. The number of H-pyrrole nitrogens is 2. The number of imidazole rings is 2. The largest absolute Gasteiger partial charge is 0.464 e. The molecule has 330 valence electrons. The van der Waals surface area contributed by atoms with Crippen LogP contribution in [0.5, 0.6) is 5.75 Å². The summed E-state index contributed by atoms with van der Waals surface area (Å²) in [5.41, 5.74) is 4.20. The van der Waals surface area contributed by atoms with Gasteiger partial charge in [-0.25, -0.2) is 23.9 Å². The van der Waals surface area contributed by atoms with Gasteiger partial charge in [0, 0.05) is 34.5 Å². The van der Waals surface area contributed by atoms with Crippen LogP contribution in [0.25, 0.3) is 44.7 Å². The summed E-state index contributed by atoms with van der Waals surface area (Å²) in [5, 5.41) is 3.59. The summed E-state index contributed by atoms with van der Waals surface area (Å²) in [5.74, 6) is 0.883. The Labute approximate surface area is 369 Å². The number of rotatable bonds is 9. The maximum Gasteiger partial charge on any atom is 0.410 e. The first kappa shape index (κ1) is 42.2. The lowest BCUT2D eigenvalue weighted by molar-refractivity contribution is -0.135. The number of methoxy groups -OCH3 is 1. The van der Waals surface area contributed by atoms with E-state index in [0.717, 1.165) is 52.7 Å². The van der Waals surface area contributed by atoms with Gasteiger partial charge < -0.3 is 34.4 Å². The molecular weight excluding hydrogens is 824 g/mol. The molecule has 0 spiro atoms. The number of benzene rings is 2. The number of alkyl carbamates (subject to hydrolysis) is 1. The third-order valence-electron chi connectivity index (χ3n) is 12.1. The van der Waals surface area contributed by atoms with Crippen LogP contribution in [0, 0.1) is 11.7 Å². The van der Waals surface area contributed by atoms with E-state index in [9.17, 15) is 14.4 Å². The van der Waals surface area contributed by atoms with E-state index >= 15 is 4.39 Å². The van der Waals surface area contributed by atoms with Gasteiger partial charge in [0.05, 0.1) is 64.6 Å². The van der Waals surface area contributed by atoms with Crippen LogP contribution in [0.2, 0.25) is 0 Å². The number of carbonyl (C=O) groups is 3. The molecule has 3 N–H and O–H groups in total. The molecule has 2 fully saturated rings. The number of hydrogen-bond acceptors (Lipinski definition) is 9. The molecule has 0 saturated carbocycles. The van der Waals surface area contributed by atoms with Crippen LogP contribution in [0.4, 0.5) is 14.0 Å². The zero-order valence-corrected chi connectivity index (χ0v) is 37.4. The average Bonchev–Trinajstić information content (AvgIpc) is 4.11. The van der Waals surface area contributed by atoms with E-state index in [1.807, 2.05) is 58.9 Å². The highest BCUT2D eigenvalue weighted by Gasteiger charge is 2.39. The fraction of sp³-hybridized carbons (Fsp3) is 0.426. The van der Waals surface area contributed by atoms with Crippen LogP contribution in [-0.2, 0) is 20.7 Å². The molecule has 2 saturated heterocycles. The van der Waals surface area contributed by atoms with Crippen molar-refractivity contribution in [2.75, 3.05) is 20.2 Å². The van der Waals surface area contributed by atoms with Gasteiger partial charge in [-0.1, -0.05) is 26.8 Å². The predicted molar refractivity (Wildman–Crippen MR) is 238 cm³/mol.